The van der Waals surface area contributed by atoms with E-state index in [4.69, 9.17) is 14.2 Å². The van der Waals surface area contributed by atoms with Crippen LogP contribution in [-0.2, 0) is 0 Å². The van der Waals surface area contributed by atoms with Gasteiger partial charge in [-0.1, -0.05) is 39.0 Å². The molecule has 1 aliphatic heterocycles. The lowest BCUT2D eigenvalue weighted by molar-refractivity contribution is 0.171. The lowest BCUT2D eigenvalue weighted by Gasteiger charge is -2.27. The summed E-state index contributed by atoms with van der Waals surface area (Å²) < 4.78 is 16.5. The van der Waals surface area contributed by atoms with Crippen molar-refractivity contribution in [3.05, 3.63) is 53.6 Å². The molecule has 2 N–H and O–H groups in total. The molecular formula is C23H30N2O4. The van der Waals surface area contributed by atoms with Crippen molar-refractivity contribution in [3.8, 4) is 17.2 Å². The van der Waals surface area contributed by atoms with Gasteiger partial charge < -0.3 is 24.8 Å². The van der Waals surface area contributed by atoms with Gasteiger partial charge in [0.1, 0.15) is 19.0 Å². The highest BCUT2D eigenvalue weighted by atomic mass is 16.6. The Labute approximate surface area is 172 Å². The fourth-order valence-electron chi connectivity index (χ4n) is 3.49. The fourth-order valence-corrected chi connectivity index (χ4v) is 3.49. The maximum absolute atomic E-state index is 12.8. The van der Waals surface area contributed by atoms with Crippen molar-refractivity contribution in [1.29, 1.82) is 0 Å². The molecule has 6 nitrogen and oxygen atoms in total. The predicted molar refractivity (Wildman–Crippen MR) is 113 cm³/mol. The van der Waals surface area contributed by atoms with Crippen LogP contribution in [0.3, 0.4) is 0 Å². The Morgan fingerprint density at radius 3 is 2.28 bits per heavy atom. The third-order valence-electron chi connectivity index (χ3n) is 5.11. The predicted octanol–water partition coefficient (Wildman–Crippen LogP) is 4.61. The second-order valence-corrected chi connectivity index (χ2v) is 7.48. The molecule has 2 atom stereocenters. The van der Waals surface area contributed by atoms with Crippen molar-refractivity contribution in [2.45, 2.75) is 39.3 Å². The number of urea groups is 1. The van der Waals surface area contributed by atoms with Crippen LogP contribution < -0.4 is 24.8 Å². The van der Waals surface area contributed by atoms with Gasteiger partial charge in [-0.2, -0.15) is 0 Å². The summed E-state index contributed by atoms with van der Waals surface area (Å²) in [5, 5.41) is 6.22. The van der Waals surface area contributed by atoms with Crippen molar-refractivity contribution in [2.75, 3.05) is 20.3 Å². The average molecular weight is 399 g/mol. The summed E-state index contributed by atoms with van der Waals surface area (Å²) in [5.41, 5.74) is 2.04. The van der Waals surface area contributed by atoms with E-state index >= 15 is 0 Å². The number of benzene rings is 2. The molecule has 0 saturated heterocycles. The molecule has 1 heterocycles. The summed E-state index contributed by atoms with van der Waals surface area (Å²) in [6.45, 7) is 7.32. The van der Waals surface area contributed by atoms with E-state index in [1.54, 1.807) is 7.11 Å². The number of carbonyl (C=O) groups excluding carboxylic acids is 1. The zero-order chi connectivity index (χ0) is 20.8. The van der Waals surface area contributed by atoms with Crippen LogP contribution in [0.2, 0.25) is 0 Å². The van der Waals surface area contributed by atoms with Crippen molar-refractivity contribution in [1.82, 2.24) is 10.6 Å². The van der Waals surface area contributed by atoms with E-state index in [-0.39, 0.29) is 24.0 Å². The van der Waals surface area contributed by atoms with Gasteiger partial charge in [-0.25, -0.2) is 4.79 Å². The number of carbonyl (C=O) groups is 1. The van der Waals surface area contributed by atoms with Crippen LogP contribution in [0.5, 0.6) is 17.2 Å². The standard InChI is InChI=1S/C23H30N2O4/c1-5-19(16-6-9-18(27-4)10-7-16)24-23(26)25-22(15(2)3)17-8-11-20-21(14-17)29-13-12-28-20/h6-11,14-15,19,22H,5,12-13H2,1-4H3,(H2,24,25,26). The largest absolute Gasteiger partial charge is 0.497 e. The van der Waals surface area contributed by atoms with Crippen LogP contribution in [0, 0.1) is 5.92 Å². The zero-order valence-corrected chi connectivity index (χ0v) is 17.5. The topological polar surface area (TPSA) is 68.8 Å². The van der Waals surface area contributed by atoms with Gasteiger partial charge in [0.25, 0.3) is 0 Å². The van der Waals surface area contributed by atoms with Crippen LogP contribution in [0.25, 0.3) is 0 Å². The summed E-state index contributed by atoms with van der Waals surface area (Å²) in [6.07, 6.45) is 0.788. The molecule has 0 aromatic heterocycles. The van der Waals surface area contributed by atoms with Crippen LogP contribution in [0.15, 0.2) is 42.5 Å². The molecule has 2 amide bonds. The SMILES string of the molecule is CCC(NC(=O)NC(c1ccc2c(c1)OCCO2)C(C)C)c1ccc(OC)cc1. The third-order valence-corrected chi connectivity index (χ3v) is 5.11. The van der Waals surface area contributed by atoms with Crippen molar-refractivity contribution in [2.24, 2.45) is 5.92 Å². The summed E-state index contributed by atoms with van der Waals surface area (Å²) in [4.78, 5) is 12.8. The van der Waals surface area contributed by atoms with Crippen molar-refractivity contribution in [3.63, 3.8) is 0 Å². The molecule has 0 spiro atoms. The van der Waals surface area contributed by atoms with E-state index in [9.17, 15) is 4.79 Å². The van der Waals surface area contributed by atoms with E-state index in [2.05, 4.69) is 31.4 Å². The summed E-state index contributed by atoms with van der Waals surface area (Å²) in [6, 6.07) is 13.2. The van der Waals surface area contributed by atoms with Crippen LogP contribution in [0.1, 0.15) is 50.4 Å². The monoisotopic (exact) mass is 398 g/mol. The minimum absolute atomic E-state index is 0.0750. The molecule has 0 radical (unpaired) electrons. The fraction of sp³-hybridized carbons (Fsp3) is 0.435. The van der Waals surface area contributed by atoms with E-state index in [1.807, 2.05) is 42.5 Å². The van der Waals surface area contributed by atoms with E-state index in [1.165, 1.54) is 0 Å². The van der Waals surface area contributed by atoms with Crippen LogP contribution in [0.4, 0.5) is 4.79 Å². The minimum atomic E-state index is -0.193. The average Bonchev–Trinajstić information content (AvgIpc) is 2.75. The van der Waals surface area contributed by atoms with Gasteiger partial charge in [-0.3, -0.25) is 0 Å². The number of hydrogen-bond acceptors (Lipinski definition) is 4. The number of rotatable bonds is 7. The highest BCUT2D eigenvalue weighted by Crippen LogP contribution is 2.34. The smallest absolute Gasteiger partial charge is 0.315 e. The number of methoxy groups -OCH3 is 1. The first-order chi connectivity index (χ1) is 14.0. The Bertz CT molecular complexity index is 820. The molecule has 0 bridgehead atoms. The Kier molecular flexibility index (Phi) is 6.86. The highest BCUT2D eigenvalue weighted by molar-refractivity contribution is 5.75. The molecule has 2 unspecified atom stereocenters. The Balaban J connectivity index is 1.70. The van der Waals surface area contributed by atoms with E-state index < -0.39 is 0 Å². The first-order valence-corrected chi connectivity index (χ1v) is 10.1. The van der Waals surface area contributed by atoms with Gasteiger partial charge >= 0.3 is 6.03 Å². The van der Waals surface area contributed by atoms with E-state index in [0.29, 0.717) is 13.2 Å². The lowest BCUT2D eigenvalue weighted by Crippen LogP contribution is -2.41. The molecule has 6 heteroatoms. The molecule has 3 rings (SSSR count). The van der Waals surface area contributed by atoms with Crippen molar-refractivity contribution >= 4 is 6.03 Å². The van der Waals surface area contributed by atoms with Gasteiger partial charge in [-0.05, 0) is 47.7 Å². The maximum Gasteiger partial charge on any atom is 0.315 e. The number of nitrogens with one attached hydrogen (secondary N) is 2. The number of hydrogen-bond donors (Lipinski definition) is 2. The highest BCUT2D eigenvalue weighted by Gasteiger charge is 2.22. The van der Waals surface area contributed by atoms with Crippen LogP contribution in [-0.4, -0.2) is 26.4 Å². The first-order valence-electron chi connectivity index (χ1n) is 10.1. The van der Waals surface area contributed by atoms with Gasteiger partial charge in [-0.15, -0.1) is 0 Å². The molecule has 0 aliphatic carbocycles. The summed E-state index contributed by atoms with van der Waals surface area (Å²) in [7, 11) is 1.64. The maximum atomic E-state index is 12.8. The van der Waals surface area contributed by atoms with Gasteiger partial charge in [0.15, 0.2) is 11.5 Å². The van der Waals surface area contributed by atoms with Crippen molar-refractivity contribution < 1.29 is 19.0 Å². The lowest BCUT2D eigenvalue weighted by atomic mass is 9.95. The van der Waals surface area contributed by atoms with Gasteiger partial charge in [0.2, 0.25) is 0 Å². The molecule has 0 saturated carbocycles. The summed E-state index contributed by atoms with van der Waals surface area (Å²) in [5.74, 6) is 2.49. The Morgan fingerprint density at radius 2 is 1.66 bits per heavy atom. The second-order valence-electron chi connectivity index (χ2n) is 7.48. The van der Waals surface area contributed by atoms with Gasteiger partial charge in [0, 0.05) is 0 Å². The number of fused-ring (bicyclic) bond motifs is 1. The Hall–Kier alpha value is -2.89. The second kappa shape index (κ2) is 9.54. The van der Waals surface area contributed by atoms with E-state index in [0.717, 1.165) is 34.8 Å². The quantitative estimate of drug-likeness (QED) is 0.714. The third kappa shape index (κ3) is 5.13. The Morgan fingerprint density at radius 1 is 1.00 bits per heavy atom. The molecule has 1 aliphatic rings. The normalized spacial score (nSPS) is 14.8. The molecule has 156 valence electrons. The zero-order valence-electron chi connectivity index (χ0n) is 17.5. The molecule has 2 aromatic carbocycles. The van der Waals surface area contributed by atoms with Gasteiger partial charge in [0.05, 0.1) is 19.2 Å². The summed E-state index contributed by atoms with van der Waals surface area (Å²) >= 11 is 0. The minimum Gasteiger partial charge on any atom is -0.497 e. The number of amides is 2. The number of ether oxygens (including phenoxy) is 3. The van der Waals surface area contributed by atoms with Crippen LogP contribution >= 0.6 is 0 Å². The molecule has 29 heavy (non-hydrogen) atoms. The molecule has 0 fully saturated rings. The first kappa shape index (κ1) is 20.8. The molecule has 2 aromatic rings. The molecular weight excluding hydrogens is 368 g/mol.